The van der Waals surface area contributed by atoms with Crippen LogP contribution in [0.3, 0.4) is 0 Å². The molecular formula is C62H68F10N4O12P2S2. The van der Waals surface area contributed by atoms with Crippen molar-refractivity contribution in [3.05, 3.63) is 189 Å². The first-order valence-electron chi connectivity index (χ1n) is 29.2. The van der Waals surface area contributed by atoms with Gasteiger partial charge in [-0.3, -0.25) is 18.7 Å². The highest BCUT2D eigenvalue weighted by Crippen LogP contribution is 2.51. The van der Waals surface area contributed by atoms with Crippen LogP contribution in [0.15, 0.2) is 107 Å². The van der Waals surface area contributed by atoms with Crippen LogP contribution in [-0.2, 0) is 73.2 Å². The molecule has 0 radical (unpaired) electrons. The minimum Gasteiger partial charge on any atom is -0.324 e. The molecule has 0 aliphatic heterocycles. The maximum absolute atomic E-state index is 14.5. The fourth-order valence-electron chi connectivity index (χ4n) is 10.9. The van der Waals surface area contributed by atoms with Gasteiger partial charge in [0.25, 0.3) is 0 Å². The Morgan fingerprint density at radius 2 is 0.728 bits per heavy atom. The smallest absolute Gasteiger partial charge is 0.324 e. The van der Waals surface area contributed by atoms with Crippen LogP contribution in [0.2, 0.25) is 0 Å². The minimum atomic E-state index is -5.39. The van der Waals surface area contributed by atoms with Gasteiger partial charge >= 0.3 is 15.2 Å². The number of likely N-dealkylation sites (N-methyl/N-ethyl adjacent to an activating group) is 2. The van der Waals surface area contributed by atoms with Gasteiger partial charge in [0.2, 0.25) is 43.5 Å². The van der Waals surface area contributed by atoms with Crippen molar-refractivity contribution >= 4 is 58.4 Å². The Hall–Kier alpha value is -6.32. The Morgan fingerprint density at radius 3 is 1.02 bits per heavy atom. The van der Waals surface area contributed by atoms with Gasteiger partial charge in [-0.05, 0) is 109 Å². The lowest BCUT2D eigenvalue weighted by atomic mass is 9.84. The van der Waals surface area contributed by atoms with Crippen LogP contribution in [0, 0.1) is 58.2 Å². The first kappa shape index (κ1) is 73.1. The SMILES string of the molecule is CCOP(=O)(Cc1ccc(N(Cc2ccc(C3CCCCC3)cc2)C(=O)CN(C)S(=O)(=O)c2c(F)c(F)c(F)c(F)c2F)cc1)OCC.CN(CC(=O)N(Cc1ccc(C2CCCCC2)cc1)c1ccc(CP(=O)(O)O)cc1)S(=O)(=O)c1c(F)c(F)c(F)c(F)c1F. The lowest BCUT2D eigenvalue weighted by Crippen LogP contribution is -2.41. The van der Waals surface area contributed by atoms with E-state index in [2.05, 4.69) is 0 Å². The maximum atomic E-state index is 14.5. The molecule has 0 atom stereocenters. The summed E-state index contributed by atoms with van der Waals surface area (Å²) in [5, 5.41) is 0. The quantitative estimate of drug-likeness (QED) is 0.0251. The summed E-state index contributed by atoms with van der Waals surface area (Å²) in [7, 11) is -17.1. The number of rotatable bonds is 24. The van der Waals surface area contributed by atoms with E-state index in [1.54, 1.807) is 38.1 Å². The predicted octanol–water partition coefficient (Wildman–Crippen LogP) is 14.0. The van der Waals surface area contributed by atoms with Crippen molar-refractivity contribution in [2.45, 2.75) is 125 Å². The van der Waals surface area contributed by atoms with Crippen LogP contribution in [0.25, 0.3) is 0 Å². The van der Waals surface area contributed by atoms with Crippen molar-refractivity contribution in [3.63, 3.8) is 0 Å². The van der Waals surface area contributed by atoms with Crippen molar-refractivity contribution < 1.29 is 98.3 Å². The highest BCUT2D eigenvalue weighted by atomic mass is 32.2. The summed E-state index contributed by atoms with van der Waals surface area (Å²) in [6, 6.07) is 27.0. The van der Waals surface area contributed by atoms with Crippen molar-refractivity contribution in [1.29, 1.82) is 0 Å². The Balaban J connectivity index is 0.000000262. The zero-order chi connectivity index (χ0) is 67.6. The summed E-state index contributed by atoms with van der Waals surface area (Å²) in [6.45, 7) is 1.50. The van der Waals surface area contributed by atoms with Crippen molar-refractivity contribution in [3.8, 4) is 0 Å². The van der Waals surface area contributed by atoms with Gasteiger partial charge in [0.05, 0.1) is 51.7 Å². The van der Waals surface area contributed by atoms with Gasteiger partial charge in [0.1, 0.15) is 0 Å². The van der Waals surface area contributed by atoms with Crippen molar-refractivity contribution in [1.82, 2.24) is 8.61 Å². The molecule has 2 fully saturated rings. The molecule has 2 amide bonds. The molecule has 2 aliphatic carbocycles. The van der Waals surface area contributed by atoms with E-state index < -0.39 is 134 Å². The molecule has 16 nitrogen and oxygen atoms in total. The number of amides is 2. The van der Waals surface area contributed by atoms with Gasteiger partial charge in [0.15, 0.2) is 56.3 Å². The third kappa shape index (κ3) is 17.7. The van der Waals surface area contributed by atoms with Crippen molar-refractivity contribution in [2.24, 2.45) is 0 Å². The summed E-state index contributed by atoms with van der Waals surface area (Å²) in [4.78, 5) is 44.0. The number of nitrogens with zero attached hydrogens (tertiary/aromatic N) is 4. The molecule has 0 unspecified atom stereocenters. The number of carbonyl (C=O) groups is 2. The van der Waals surface area contributed by atoms with E-state index in [0.29, 0.717) is 34.2 Å². The Morgan fingerprint density at radius 1 is 0.446 bits per heavy atom. The second-order valence-electron chi connectivity index (χ2n) is 22.2. The average Bonchev–Trinajstić information content (AvgIpc) is 0.773. The highest BCUT2D eigenvalue weighted by Gasteiger charge is 2.39. The standard InChI is InChI=1S/C33H38F5N2O6PS.C29H30F5N2O6PS/c1-4-45-47(42,46-5-2)21-23-13-17-26(18-14-23)40(19-22-11-15-25(16-12-22)24-9-7-6-8-10-24)27(41)20-39(3)48(43,44)33-31(37)29(35)28(34)30(36)32(33)38;1-35(44(41,42)29-27(33)25(31)24(30)26(32)28(29)34)16-23(37)36(22-13-9-19(10-14-22)17-43(38,39)40)15-18-7-11-21(12-8-18)20-5-3-2-4-6-20/h11-18,24H,4-10,19-21H2,1-3H3;7-14,20H,2-6,15-17H2,1H3,(H2,38,39,40). The molecule has 6 aromatic carbocycles. The Kier molecular flexibility index (Phi) is 24.9. The fourth-order valence-corrected chi connectivity index (χ4v) is 15.7. The molecule has 2 aliphatic rings. The summed E-state index contributed by atoms with van der Waals surface area (Å²) in [5.74, 6) is -25.9. The van der Waals surface area contributed by atoms with Crippen molar-refractivity contribution in [2.75, 3.05) is 50.2 Å². The Labute approximate surface area is 526 Å². The van der Waals surface area contributed by atoms with Gasteiger partial charge in [0, 0.05) is 25.5 Å². The second-order valence-corrected chi connectivity index (χ2v) is 29.9. The predicted molar refractivity (Wildman–Crippen MR) is 322 cm³/mol. The highest BCUT2D eigenvalue weighted by molar-refractivity contribution is 7.89. The third-order valence-electron chi connectivity index (χ3n) is 15.7. The van der Waals surface area contributed by atoms with Gasteiger partial charge in [-0.25, -0.2) is 60.7 Å². The molecule has 92 heavy (non-hydrogen) atoms. The molecule has 2 saturated carbocycles. The number of sulfonamides is 2. The van der Waals surface area contributed by atoms with E-state index in [9.17, 15) is 89.2 Å². The number of carbonyl (C=O) groups excluding carboxylic acids is 2. The number of hydrogen-bond acceptors (Lipinski definition) is 10. The largest absolute Gasteiger partial charge is 0.335 e. The van der Waals surface area contributed by atoms with Crippen LogP contribution in [-0.4, -0.2) is 87.4 Å². The summed E-state index contributed by atoms with van der Waals surface area (Å²) in [5.41, 5.74) is 4.96. The zero-order valence-corrected chi connectivity index (χ0v) is 53.8. The molecule has 30 heteroatoms. The van der Waals surface area contributed by atoms with E-state index in [0.717, 1.165) is 75.9 Å². The van der Waals surface area contributed by atoms with E-state index in [-0.39, 0.29) is 52.3 Å². The molecule has 500 valence electrons. The zero-order valence-electron chi connectivity index (χ0n) is 50.4. The molecular weight excluding hydrogens is 1310 g/mol. The number of benzene rings is 6. The second kappa shape index (κ2) is 31.3. The number of hydrogen-bond donors (Lipinski definition) is 2. The van der Waals surface area contributed by atoms with Crippen LogP contribution in [0.5, 0.6) is 0 Å². The maximum Gasteiger partial charge on any atom is 0.335 e. The summed E-state index contributed by atoms with van der Waals surface area (Å²) < 4.78 is 228. The first-order chi connectivity index (χ1) is 43.3. The molecule has 8 rings (SSSR count). The van der Waals surface area contributed by atoms with Gasteiger partial charge in [-0.2, -0.15) is 8.61 Å². The molecule has 2 N–H and O–H groups in total. The van der Waals surface area contributed by atoms with Gasteiger partial charge in [-0.15, -0.1) is 0 Å². The normalized spacial score (nSPS) is 14.5. The van der Waals surface area contributed by atoms with E-state index in [1.165, 1.54) is 47.6 Å². The fraction of sp³-hybridized carbons (Fsp3) is 0.387. The monoisotopic (exact) mass is 1380 g/mol. The van der Waals surface area contributed by atoms with Crippen LogP contribution < -0.4 is 9.80 Å². The van der Waals surface area contributed by atoms with Gasteiger partial charge < -0.3 is 28.6 Å². The lowest BCUT2D eigenvalue weighted by molar-refractivity contribution is -0.119. The summed E-state index contributed by atoms with van der Waals surface area (Å²) >= 11 is 0. The number of halogens is 10. The first-order valence-corrected chi connectivity index (χ1v) is 35.6. The van der Waals surface area contributed by atoms with E-state index >= 15 is 0 Å². The molecule has 0 saturated heterocycles. The van der Waals surface area contributed by atoms with E-state index in [4.69, 9.17) is 9.05 Å². The Bertz CT molecular complexity index is 3870. The van der Waals surface area contributed by atoms with E-state index in [1.807, 2.05) is 48.5 Å². The summed E-state index contributed by atoms with van der Waals surface area (Å²) in [6.07, 6.45) is 10.6. The topological polar surface area (TPSA) is 208 Å². The molecule has 6 aromatic rings. The van der Waals surface area contributed by atoms with Crippen LogP contribution in [0.1, 0.15) is 123 Å². The molecule has 0 bridgehead atoms. The van der Waals surface area contributed by atoms with Crippen LogP contribution in [0.4, 0.5) is 55.3 Å². The van der Waals surface area contributed by atoms with Crippen LogP contribution >= 0.6 is 15.2 Å². The number of anilines is 2. The minimum absolute atomic E-state index is 0.0457. The lowest BCUT2D eigenvalue weighted by Gasteiger charge is -2.27. The molecule has 0 aromatic heterocycles. The van der Waals surface area contributed by atoms with Gasteiger partial charge in [-0.1, -0.05) is 111 Å². The molecule has 0 spiro atoms. The third-order valence-corrected chi connectivity index (χ3v) is 22.2. The average molecular weight is 1380 g/mol. The molecule has 0 heterocycles.